The summed E-state index contributed by atoms with van der Waals surface area (Å²) >= 11 is 0. The number of nitrogens with one attached hydrogen (secondary N) is 1. The molecular formula is C12H18N2O. The molecule has 15 heavy (non-hydrogen) atoms. The highest BCUT2D eigenvalue weighted by Crippen LogP contribution is 2.03. The SMILES string of the molecule is CCN(CCOC)C(=N)c1ccccc1. The second-order valence-electron chi connectivity index (χ2n) is 3.29. The zero-order chi connectivity index (χ0) is 11.1. The standard InChI is InChI=1S/C12H18N2O/c1-3-14(9-10-15-2)12(13)11-7-5-4-6-8-11/h4-8,13H,3,9-10H2,1-2H3. The van der Waals surface area contributed by atoms with E-state index in [4.69, 9.17) is 10.1 Å². The Morgan fingerprint density at radius 1 is 1.33 bits per heavy atom. The van der Waals surface area contributed by atoms with E-state index in [9.17, 15) is 0 Å². The van der Waals surface area contributed by atoms with Gasteiger partial charge in [0, 0.05) is 25.8 Å². The highest BCUT2D eigenvalue weighted by Gasteiger charge is 2.08. The molecular weight excluding hydrogens is 188 g/mol. The molecule has 0 aliphatic rings. The molecule has 0 saturated heterocycles. The van der Waals surface area contributed by atoms with Gasteiger partial charge in [-0.3, -0.25) is 5.41 Å². The number of nitrogens with zero attached hydrogens (tertiary/aromatic N) is 1. The number of hydrogen-bond acceptors (Lipinski definition) is 2. The smallest absolute Gasteiger partial charge is 0.128 e. The van der Waals surface area contributed by atoms with Crippen LogP contribution in [0.3, 0.4) is 0 Å². The van der Waals surface area contributed by atoms with Crippen molar-refractivity contribution in [2.24, 2.45) is 0 Å². The molecule has 0 bridgehead atoms. The molecule has 1 N–H and O–H groups in total. The maximum absolute atomic E-state index is 8.04. The first kappa shape index (κ1) is 11.7. The fourth-order valence-electron chi connectivity index (χ4n) is 1.41. The normalized spacial score (nSPS) is 10.0. The van der Waals surface area contributed by atoms with Gasteiger partial charge in [-0.25, -0.2) is 0 Å². The predicted octanol–water partition coefficient (Wildman–Crippen LogP) is 1.98. The molecule has 1 aromatic rings. The third-order valence-corrected chi connectivity index (χ3v) is 2.31. The zero-order valence-electron chi connectivity index (χ0n) is 9.36. The van der Waals surface area contributed by atoms with Crippen LogP contribution >= 0.6 is 0 Å². The van der Waals surface area contributed by atoms with Crippen molar-refractivity contribution in [2.75, 3.05) is 26.8 Å². The summed E-state index contributed by atoms with van der Waals surface area (Å²) in [5.74, 6) is 0.565. The minimum atomic E-state index is 0.565. The fourth-order valence-corrected chi connectivity index (χ4v) is 1.41. The zero-order valence-corrected chi connectivity index (χ0v) is 9.36. The van der Waals surface area contributed by atoms with Crippen LogP contribution in [0.1, 0.15) is 12.5 Å². The lowest BCUT2D eigenvalue weighted by Gasteiger charge is -2.23. The van der Waals surface area contributed by atoms with Crippen LogP contribution in [0.2, 0.25) is 0 Å². The molecule has 0 fully saturated rings. The van der Waals surface area contributed by atoms with Crippen LogP contribution < -0.4 is 0 Å². The summed E-state index contributed by atoms with van der Waals surface area (Å²) in [5.41, 5.74) is 0.954. The van der Waals surface area contributed by atoms with Crippen LogP contribution in [-0.2, 0) is 4.74 Å². The van der Waals surface area contributed by atoms with Crippen molar-refractivity contribution >= 4 is 5.84 Å². The maximum atomic E-state index is 8.04. The number of ether oxygens (including phenoxy) is 1. The Morgan fingerprint density at radius 2 is 2.00 bits per heavy atom. The van der Waals surface area contributed by atoms with Crippen molar-refractivity contribution in [3.63, 3.8) is 0 Å². The number of rotatable bonds is 5. The van der Waals surface area contributed by atoms with E-state index < -0.39 is 0 Å². The van der Waals surface area contributed by atoms with Crippen molar-refractivity contribution < 1.29 is 4.74 Å². The lowest BCUT2D eigenvalue weighted by atomic mass is 10.2. The molecule has 0 aromatic heterocycles. The van der Waals surface area contributed by atoms with E-state index in [2.05, 4.69) is 0 Å². The monoisotopic (exact) mass is 206 g/mol. The van der Waals surface area contributed by atoms with E-state index in [0.29, 0.717) is 12.4 Å². The van der Waals surface area contributed by atoms with Crippen LogP contribution in [0.25, 0.3) is 0 Å². The van der Waals surface area contributed by atoms with Crippen LogP contribution in [0.15, 0.2) is 30.3 Å². The van der Waals surface area contributed by atoms with Gasteiger partial charge >= 0.3 is 0 Å². The quantitative estimate of drug-likeness (QED) is 0.590. The average Bonchev–Trinajstić information content (AvgIpc) is 2.31. The van der Waals surface area contributed by atoms with Gasteiger partial charge in [0.15, 0.2) is 0 Å². The van der Waals surface area contributed by atoms with Gasteiger partial charge in [-0.15, -0.1) is 0 Å². The van der Waals surface area contributed by atoms with E-state index in [1.807, 2.05) is 42.2 Å². The van der Waals surface area contributed by atoms with Crippen molar-refractivity contribution in [1.29, 1.82) is 5.41 Å². The van der Waals surface area contributed by atoms with E-state index in [1.54, 1.807) is 7.11 Å². The molecule has 1 rings (SSSR count). The Bertz CT molecular complexity index is 298. The molecule has 3 heteroatoms. The number of amidine groups is 1. The van der Waals surface area contributed by atoms with Crippen LogP contribution in [0, 0.1) is 5.41 Å². The Labute approximate surface area is 91.2 Å². The third-order valence-electron chi connectivity index (χ3n) is 2.31. The molecule has 82 valence electrons. The molecule has 3 nitrogen and oxygen atoms in total. The molecule has 0 atom stereocenters. The molecule has 0 aliphatic carbocycles. The van der Waals surface area contributed by atoms with Crippen molar-refractivity contribution in [2.45, 2.75) is 6.92 Å². The molecule has 0 radical (unpaired) electrons. The van der Waals surface area contributed by atoms with Gasteiger partial charge in [0.1, 0.15) is 5.84 Å². The largest absolute Gasteiger partial charge is 0.383 e. The molecule has 0 saturated carbocycles. The van der Waals surface area contributed by atoms with Gasteiger partial charge in [0.2, 0.25) is 0 Å². The molecule has 0 heterocycles. The van der Waals surface area contributed by atoms with E-state index in [0.717, 1.165) is 18.7 Å². The number of benzene rings is 1. The minimum absolute atomic E-state index is 0.565. The van der Waals surface area contributed by atoms with Crippen LogP contribution in [0.4, 0.5) is 0 Å². The third kappa shape index (κ3) is 3.36. The summed E-state index contributed by atoms with van der Waals surface area (Å²) in [5, 5.41) is 8.04. The first-order chi connectivity index (χ1) is 7.29. The first-order valence-electron chi connectivity index (χ1n) is 5.17. The van der Waals surface area contributed by atoms with Crippen molar-refractivity contribution in [1.82, 2.24) is 4.90 Å². The number of methoxy groups -OCH3 is 1. The Balaban J connectivity index is 2.65. The Kier molecular flexibility index (Phi) is 4.84. The number of hydrogen-bond donors (Lipinski definition) is 1. The highest BCUT2D eigenvalue weighted by atomic mass is 16.5. The van der Waals surface area contributed by atoms with E-state index in [1.165, 1.54) is 0 Å². The van der Waals surface area contributed by atoms with Gasteiger partial charge in [0.25, 0.3) is 0 Å². The average molecular weight is 206 g/mol. The van der Waals surface area contributed by atoms with Crippen molar-refractivity contribution in [3.8, 4) is 0 Å². The molecule has 0 aliphatic heterocycles. The Hall–Kier alpha value is -1.35. The lowest BCUT2D eigenvalue weighted by Crippen LogP contribution is -2.33. The molecule has 0 unspecified atom stereocenters. The molecule has 1 aromatic carbocycles. The van der Waals surface area contributed by atoms with Gasteiger partial charge in [0.05, 0.1) is 6.61 Å². The topological polar surface area (TPSA) is 36.3 Å². The summed E-state index contributed by atoms with van der Waals surface area (Å²) in [4.78, 5) is 2.00. The predicted molar refractivity (Wildman–Crippen MR) is 62.4 cm³/mol. The molecule has 0 amide bonds. The van der Waals surface area contributed by atoms with Crippen molar-refractivity contribution in [3.05, 3.63) is 35.9 Å². The van der Waals surface area contributed by atoms with Gasteiger partial charge < -0.3 is 9.64 Å². The molecule has 0 spiro atoms. The lowest BCUT2D eigenvalue weighted by molar-refractivity contribution is 0.177. The summed E-state index contributed by atoms with van der Waals surface area (Å²) in [6.07, 6.45) is 0. The van der Waals surface area contributed by atoms with E-state index >= 15 is 0 Å². The van der Waals surface area contributed by atoms with E-state index in [-0.39, 0.29) is 0 Å². The fraction of sp³-hybridized carbons (Fsp3) is 0.417. The first-order valence-corrected chi connectivity index (χ1v) is 5.17. The summed E-state index contributed by atoms with van der Waals surface area (Å²) < 4.78 is 5.02. The van der Waals surface area contributed by atoms with Crippen LogP contribution in [-0.4, -0.2) is 37.5 Å². The van der Waals surface area contributed by atoms with Gasteiger partial charge in [-0.05, 0) is 6.92 Å². The van der Waals surface area contributed by atoms with Crippen LogP contribution in [0.5, 0.6) is 0 Å². The second kappa shape index (κ2) is 6.19. The maximum Gasteiger partial charge on any atom is 0.128 e. The minimum Gasteiger partial charge on any atom is -0.383 e. The highest BCUT2D eigenvalue weighted by molar-refractivity contribution is 5.96. The second-order valence-corrected chi connectivity index (χ2v) is 3.29. The number of likely N-dealkylation sites (N-methyl/N-ethyl adjacent to an activating group) is 1. The summed E-state index contributed by atoms with van der Waals surface area (Å²) in [6.45, 7) is 4.30. The van der Waals surface area contributed by atoms with Gasteiger partial charge in [-0.2, -0.15) is 0 Å². The summed E-state index contributed by atoms with van der Waals surface area (Å²) in [7, 11) is 1.68. The summed E-state index contributed by atoms with van der Waals surface area (Å²) in [6, 6.07) is 9.78. The Morgan fingerprint density at radius 3 is 2.53 bits per heavy atom. The van der Waals surface area contributed by atoms with Gasteiger partial charge in [-0.1, -0.05) is 30.3 Å².